The van der Waals surface area contributed by atoms with Gasteiger partial charge in [0, 0.05) is 18.8 Å². The fraction of sp³-hybridized carbons (Fsp3) is 0.647. The van der Waals surface area contributed by atoms with Crippen molar-refractivity contribution < 1.29 is 0 Å². The van der Waals surface area contributed by atoms with Crippen molar-refractivity contribution in [1.82, 2.24) is 0 Å². The topological polar surface area (TPSA) is 29.3 Å². The lowest BCUT2D eigenvalue weighted by Crippen LogP contribution is -2.31. The van der Waals surface area contributed by atoms with E-state index < -0.39 is 0 Å². The van der Waals surface area contributed by atoms with E-state index in [0.29, 0.717) is 5.41 Å². The molecule has 0 atom stereocenters. The second-order valence-corrected chi connectivity index (χ2v) is 6.53. The van der Waals surface area contributed by atoms with E-state index in [0.717, 1.165) is 13.0 Å². The lowest BCUT2D eigenvalue weighted by atomic mass is 9.84. The third kappa shape index (κ3) is 3.97. The van der Waals surface area contributed by atoms with Gasteiger partial charge in [0.1, 0.15) is 0 Å². The molecule has 0 aromatic heterocycles. The zero-order valence-corrected chi connectivity index (χ0v) is 12.5. The van der Waals surface area contributed by atoms with Gasteiger partial charge in [0.05, 0.1) is 0 Å². The summed E-state index contributed by atoms with van der Waals surface area (Å²) < 4.78 is 0. The van der Waals surface area contributed by atoms with Crippen molar-refractivity contribution in [2.75, 3.05) is 24.5 Å². The molecule has 106 valence electrons. The molecule has 0 amide bonds. The Morgan fingerprint density at radius 2 is 2.00 bits per heavy atom. The average molecular weight is 260 g/mol. The molecular formula is C17H28N2. The number of nitrogens with zero attached hydrogens (tertiary/aromatic N) is 1. The van der Waals surface area contributed by atoms with Gasteiger partial charge < -0.3 is 10.6 Å². The molecule has 2 nitrogen and oxygen atoms in total. The molecule has 1 aromatic rings. The Morgan fingerprint density at radius 1 is 1.21 bits per heavy atom. The molecule has 0 aliphatic carbocycles. The largest absolute Gasteiger partial charge is 0.371 e. The molecule has 2 N–H and O–H groups in total. The Morgan fingerprint density at radius 3 is 2.79 bits per heavy atom. The minimum absolute atomic E-state index is 0.393. The molecule has 1 heterocycles. The summed E-state index contributed by atoms with van der Waals surface area (Å²) in [6, 6.07) is 8.88. The lowest BCUT2D eigenvalue weighted by Gasteiger charge is -2.32. The average Bonchev–Trinajstić information content (AvgIpc) is 2.39. The highest BCUT2D eigenvalue weighted by Gasteiger charge is 2.19. The fourth-order valence-corrected chi connectivity index (χ4v) is 3.11. The number of anilines is 1. The van der Waals surface area contributed by atoms with Crippen molar-refractivity contribution in [3.8, 4) is 0 Å². The highest BCUT2D eigenvalue weighted by molar-refractivity contribution is 5.55. The predicted molar refractivity (Wildman–Crippen MR) is 83.7 cm³/mol. The van der Waals surface area contributed by atoms with Gasteiger partial charge in [-0.2, -0.15) is 0 Å². The van der Waals surface area contributed by atoms with E-state index in [9.17, 15) is 0 Å². The summed E-state index contributed by atoms with van der Waals surface area (Å²) >= 11 is 0. The van der Waals surface area contributed by atoms with Crippen LogP contribution in [-0.2, 0) is 6.42 Å². The Hall–Kier alpha value is -1.02. The Balaban J connectivity index is 1.88. The monoisotopic (exact) mass is 260 g/mol. The fourth-order valence-electron chi connectivity index (χ4n) is 3.11. The summed E-state index contributed by atoms with van der Waals surface area (Å²) in [5.41, 5.74) is 9.06. The van der Waals surface area contributed by atoms with Gasteiger partial charge in [-0.05, 0) is 55.7 Å². The first kappa shape index (κ1) is 14.4. The number of hydrogen-bond donors (Lipinski definition) is 1. The molecule has 1 aromatic carbocycles. The number of rotatable bonds is 6. The van der Waals surface area contributed by atoms with Gasteiger partial charge in [-0.25, -0.2) is 0 Å². The number of hydrogen-bond acceptors (Lipinski definition) is 2. The molecule has 0 bridgehead atoms. The van der Waals surface area contributed by atoms with Crippen LogP contribution in [0.4, 0.5) is 5.69 Å². The normalized spacial score (nSPS) is 15.4. The highest BCUT2D eigenvalue weighted by Crippen LogP contribution is 2.29. The SMILES string of the molecule is CC(C)(CCN)CCCN1CCCc2ccccc21. The molecule has 0 saturated carbocycles. The van der Waals surface area contributed by atoms with Gasteiger partial charge in [0.2, 0.25) is 0 Å². The Bertz CT molecular complexity index is 398. The van der Waals surface area contributed by atoms with Crippen LogP contribution in [0.1, 0.15) is 45.1 Å². The van der Waals surface area contributed by atoms with Crippen LogP contribution in [0, 0.1) is 5.41 Å². The zero-order chi connectivity index (χ0) is 13.7. The van der Waals surface area contributed by atoms with E-state index in [-0.39, 0.29) is 0 Å². The van der Waals surface area contributed by atoms with Gasteiger partial charge in [-0.1, -0.05) is 32.0 Å². The molecule has 2 rings (SSSR count). The minimum atomic E-state index is 0.393. The second kappa shape index (κ2) is 6.42. The number of para-hydroxylation sites is 1. The van der Waals surface area contributed by atoms with Gasteiger partial charge in [0.15, 0.2) is 0 Å². The number of benzene rings is 1. The molecule has 1 aliphatic heterocycles. The molecule has 19 heavy (non-hydrogen) atoms. The van der Waals surface area contributed by atoms with Crippen molar-refractivity contribution in [2.45, 2.75) is 46.0 Å². The van der Waals surface area contributed by atoms with Crippen molar-refractivity contribution in [2.24, 2.45) is 11.1 Å². The maximum absolute atomic E-state index is 5.68. The molecule has 0 fully saturated rings. The van der Waals surface area contributed by atoms with Crippen LogP contribution in [0.5, 0.6) is 0 Å². The van der Waals surface area contributed by atoms with Gasteiger partial charge in [0.25, 0.3) is 0 Å². The number of nitrogens with two attached hydrogens (primary N) is 1. The van der Waals surface area contributed by atoms with Crippen LogP contribution in [0.2, 0.25) is 0 Å². The van der Waals surface area contributed by atoms with Gasteiger partial charge in [-0.3, -0.25) is 0 Å². The summed E-state index contributed by atoms with van der Waals surface area (Å²) in [6.45, 7) is 7.88. The molecule has 1 aliphatic rings. The molecule has 0 spiro atoms. The summed E-state index contributed by atoms with van der Waals surface area (Å²) in [5.74, 6) is 0. The molecule has 0 saturated heterocycles. The first-order valence-corrected chi connectivity index (χ1v) is 7.65. The van der Waals surface area contributed by atoms with Crippen molar-refractivity contribution in [1.29, 1.82) is 0 Å². The van der Waals surface area contributed by atoms with Crippen LogP contribution in [0.3, 0.4) is 0 Å². The van der Waals surface area contributed by atoms with Crippen molar-refractivity contribution >= 4 is 5.69 Å². The molecule has 0 unspecified atom stereocenters. The summed E-state index contributed by atoms with van der Waals surface area (Å²) in [7, 11) is 0. The standard InChI is InChI=1S/C17H28N2/c1-17(2,11-12-18)10-6-14-19-13-5-8-15-7-3-4-9-16(15)19/h3-4,7,9H,5-6,8,10-14,18H2,1-2H3. The van der Waals surface area contributed by atoms with Crippen molar-refractivity contribution in [3.05, 3.63) is 29.8 Å². The summed E-state index contributed by atoms with van der Waals surface area (Å²) in [4.78, 5) is 2.57. The summed E-state index contributed by atoms with van der Waals surface area (Å²) in [6.07, 6.45) is 6.20. The van der Waals surface area contributed by atoms with Crippen LogP contribution in [0.15, 0.2) is 24.3 Å². The van der Waals surface area contributed by atoms with E-state index in [1.807, 2.05) is 0 Å². The molecule has 2 heteroatoms. The van der Waals surface area contributed by atoms with Crippen LogP contribution in [0.25, 0.3) is 0 Å². The Kier molecular flexibility index (Phi) is 4.87. The van der Waals surface area contributed by atoms with Gasteiger partial charge in [-0.15, -0.1) is 0 Å². The van der Waals surface area contributed by atoms with E-state index in [4.69, 9.17) is 5.73 Å². The first-order valence-electron chi connectivity index (χ1n) is 7.65. The predicted octanol–water partition coefficient (Wildman–Crippen LogP) is 3.59. The van der Waals surface area contributed by atoms with Crippen molar-refractivity contribution in [3.63, 3.8) is 0 Å². The number of aryl methyl sites for hydroxylation is 1. The maximum atomic E-state index is 5.68. The molecular weight excluding hydrogens is 232 g/mol. The lowest BCUT2D eigenvalue weighted by molar-refractivity contribution is 0.305. The quantitative estimate of drug-likeness (QED) is 0.847. The zero-order valence-electron chi connectivity index (χ0n) is 12.5. The number of fused-ring (bicyclic) bond motifs is 1. The second-order valence-electron chi connectivity index (χ2n) is 6.53. The van der Waals surface area contributed by atoms with Gasteiger partial charge >= 0.3 is 0 Å². The summed E-state index contributed by atoms with van der Waals surface area (Å²) in [5, 5.41) is 0. The van der Waals surface area contributed by atoms with E-state index in [2.05, 4.69) is 43.0 Å². The Labute approximate surface area is 118 Å². The third-order valence-electron chi connectivity index (χ3n) is 4.31. The first-order chi connectivity index (χ1) is 9.12. The van der Waals surface area contributed by atoms with E-state index in [1.165, 1.54) is 50.0 Å². The van der Waals surface area contributed by atoms with Crippen LogP contribution in [-0.4, -0.2) is 19.6 Å². The smallest absolute Gasteiger partial charge is 0.0398 e. The van der Waals surface area contributed by atoms with Crippen LogP contribution >= 0.6 is 0 Å². The van der Waals surface area contributed by atoms with E-state index >= 15 is 0 Å². The van der Waals surface area contributed by atoms with Crippen LogP contribution < -0.4 is 10.6 Å². The minimum Gasteiger partial charge on any atom is -0.371 e. The third-order valence-corrected chi connectivity index (χ3v) is 4.31. The van der Waals surface area contributed by atoms with E-state index in [1.54, 1.807) is 0 Å². The maximum Gasteiger partial charge on any atom is 0.0398 e. The highest BCUT2D eigenvalue weighted by atomic mass is 15.1. The molecule has 0 radical (unpaired) electrons.